The SMILES string of the molecule is CC(C)(NC(=O)c1nn(-c2ccc(Cl)cc2Cl)c(Oc2ccc(Cl)cc2)c1C(F)F)c1ccccc1. The Labute approximate surface area is 221 Å². The third-order valence-electron chi connectivity index (χ3n) is 5.40. The fourth-order valence-electron chi connectivity index (χ4n) is 3.58. The fourth-order valence-corrected chi connectivity index (χ4v) is 4.19. The van der Waals surface area contributed by atoms with Crippen molar-refractivity contribution in [1.82, 2.24) is 15.1 Å². The zero-order valence-electron chi connectivity index (χ0n) is 19.1. The minimum atomic E-state index is -3.09. The molecule has 0 aliphatic rings. The number of nitrogens with one attached hydrogen (secondary N) is 1. The van der Waals surface area contributed by atoms with Gasteiger partial charge in [0, 0.05) is 10.0 Å². The Morgan fingerprint density at radius 3 is 2.22 bits per heavy atom. The maximum Gasteiger partial charge on any atom is 0.273 e. The number of nitrogens with zero attached hydrogens (tertiary/aromatic N) is 2. The fraction of sp³-hybridized carbons (Fsp3) is 0.154. The van der Waals surface area contributed by atoms with E-state index in [-0.39, 0.29) is 22.3 Å². The Balaban J connectivity index is 1.85. The number of aromatic nitrogens is 2. The van der Waals surface area contributed by atoms with Crippen LogP contribution < -0.4 is 10.1 Å². The molecule has 3 aromatic carbocycles. The van der Waals surface area contributed by atoms with Gasteiger partial charge < -0.3 is 10.1 Å². The smallest absolute Gasteiger partial charge is 0.273 e. The number of benzene rings is 3. The van der Waals surface area contributed by atoms with Gasteiger partial charge in [0.2, 0.25) is 5.88 Å². The van der Waals surface area contributed by atoms with E-state index in [0.717, 1.165) is 10.2 Å². The molecule has 0 aliphatic heterocycles. The molecule has 5 nitrogen and oxygen atoms in total. The average molecular weight is 551 g/mol. The molecule has 0 saturated carbocycles. The van der Waals surface area contributed by atoms with E-state index in [9.17, 15) is 13.6 Å². The van der Waals surface area contributed by atoms with E-state index in [1.165, 1.54) is 30.3 Å². The lowest BCUT2D eigenvalue weighted by Crippen LogP contribution is -2.41. The molecule has 36 heavy (non-hydrogen) atoms. The van der Waals surface area contributed by atoms with Gasteiger partial charge in [0.1, 0.15) is 11.3 Å². The molecule has 1 amide bonds. The van der Waals surface area contributed by atoms with Crippen LogP contribution in [0.5, 0.6) is 11.6 Å². The van der Waals surface area contributed by atoms with Crippen LogP contribution in [0.15, 0.2) is 72.8 Å². The number of halogens is 5. The maximum absolute atomic E-state index is 14.5. The van der Waals surface area contributed by atoms with Crippen molar-refractivity contribution < 1.29 is 18.3 Å². The Morgan fingerprint density at radius 1 is 0.972 bits per heavy atom. The van der Waals surface area contributed by atoms with E-state index in [1.54, 1.807) is 26.0 Å². The van der Waals surface area contributed by atoms with E-state index in [1.807, 2.05) is 30.3 Å². The van der Waals surface area contributed by atoms with Crippen molar-refractivity contribution >= 4 is 40.7 Å². The number of rotatable bonds is 7. The summed E-state index contributed by atoms with van der Waals surface area (Å²) < 4.78 is 35.9. The first-order chi connectivity index (χ1) is 17.1. The number of hydrogen-bond donors (Lipinski definition) is 1. The van der Waals surface area contributed by atoms with E-state index in [0.29, 0.717) is 10.0 Å². The van der Waals surface area contributed by atoms with Crippen LogP contribution >= 0.6 is 34.8 Å². The molecule has 1 heterocycles. The van der Waals surface area contributed by atoms with Gasteiger partial charge in [-0.3, -0.25) is 4.79 Å². The number of carbonyl (C=O) groups is 1. The van der Waals surface area contributed by atoms with Gasteiger partial charge in [0.05, 0.1) is 16.2 Å². The number of ether oxygens (including phenoxy) is 1. The molecule has 0 radical (unpaired) electrons. The van der Waals surface area contributed by atoms with Crippen LogP contribution in [-0.4, -0.2) is 15.7 Å². The van der Waals surface area contributed by atoms with Crippen molar-refractivity contribution in [2.75, 3.05) is 0 Å². The topological polar surface area (TPSA) is 56.2 Å². The highest BCUT2D eigenvalue weighted by Crippen LogP contribution is 2.39. The van der Waals surface area contributed by atoms with Crippen molar-refractivity contribution in [1.29, 1.82) is 0 Å². The van der Waals surface area contributed by atoms with Crippen molar-refractivity contribution in [2.45, 2.75) is 25.8 Å². The monoisotopic (exact) mass is 549 g/mol. The van der Waals surface area contributed by atoms with E-state index in [2.05, 4.69) is 10.4 Å². The molecule has 4 rings (SSSR count). The average Bonchev–Trinajstić information content (AvgIpc) is 3.20. The van der Waals surface area contributed by atoms with E-state index >= 15 is 0 Å². The predicted molar refractivity (Wildman–Crippen MR) is 137 cm³/mol. The predicted octanol–water partition coefficient (Wildman–Crippen LogP) is 8.23. The molecule has 0 aliphatic carbocycles. The summed E-state index contributed by atoms with van der Waals surface area (Å²) in [5.74, 6) is -0.952. The minimum Gasteiger partial charge on any atom is -0.438 e. The highest BCUT2D eigenvalue weighted by molar-refractivity contribution is 6.35. The molecule has 186 valence electrons. The second-order valence-electron chi connectivity index (χ2n) is 8.38. The lowest BCUT2D eigenvalue weighted by molar-refractivity contribution is 0.0892. The van der Waals surface area contributed by atoms with Crippen LogP contribution in [0.1, 0.15) is 41.9 Å². The van der Waals surface area contributed by atoms with Gasteiger partial charge in [0.15, 0.2) is 5.69 Å². The molecule has 0 bridgehead atoms. The highest BCUT2D eigenvalue weighted by Gasteiger charge is 2.34. The molecule has 0 saturated heterocycles. The van der Waals surface area contributed by atoms with Gasteiger partial charge in [-0.25, -0.2) is 8.78 Å². The Morgan fingerprint density at radius 2 is 1.61 bits per heavy atom. The summed E-state index contributed by atoms with van der Waals surface area (Å²) in [5.41, 5.74) is -1.07. The molecular formula is C26H20Cl3F2N3O2. The van der Waals surface area contributed by atoms with Crippen molar-refractivity contribution in [3.63, 3.8) is 0 Å². The largest absolute Gasteiger partial charge is 0.438 e. The minimum absolute atomic E-state index is 0.128. The van der Waals surface area contributed by atoms with Crippen LogP contribution in [0.2, 0.25) is 15.1 Å². The van der Waals surface area contributed by atoms with E-state index < -0.39 is 29.1 Å². The number of carbonyl (C=O) groups excluding carboxylic acids is 1. The van der Waals surface area contributed by atoms with Crippen LogP contribution in [0.4, 0.5) is 8.78 Å². The first-order valence-corrected chi connectivity index (χ1v) is 11.9. The number of amides is 1. The molecule has 0 unspecified atom stereocenters. The van der Waals surface area contributed by atoms with Gasteiger partial charge >= 0.3 is 0 Å². The molecule has 4 aromatic rings. The van der Waals surface area contributed by atoms with E-state index in [4.69, 9.17) is 39.5 Å². The van der Waals surface area contributed by atoms with Gasteiger partial charge in [-0.2, -0.15) is 9.78 Å². The third kappa shape index (κ3) is 5.48. The molecule has 0 spiro atoms. The lowest BCUT2D eigenvalue weighted by atomic mass is 9.94. The van der Waals surface area contributed by atoms with Crippen LogP contribution in [0.25, 0.3) is 5.69 Å². The summed E-state index contributed by atoms with van der Waals surface area (Å²) in [5, 5.41) is 7.93. The number of hydrogen-bond acceptors (Lipinski definition) is 3. The summed E-state index contributed by atoms with van der Waals surface area (Å²) in [4.78, 5) is 13.3. The second-order valence-corrected chi connectivity index (χ2v) is 9.66. The first-order valence-electron chi connectivity index (χ1n) is 10.7. The Hall–Kier alpha value is -3.13. The van der Waals surface area contributed by atoms with Crippen LogP contribution in [0, 0.1) is 0 Å². The van der Waals surface area contributed by atoms with Crippen molar-refractivity contribution in [2.24, 2.45) is 0 Å². The van der Waals surface area contributed by atoms with Crippen LogP contribution in [0.3, 0.4) is 0 Å². The Bertz CT molecular complexity index is 1390. The molecule has 1 N–H and O–H groups in total. The van der Waals surface area contributed by atoms with Gasteiger partial charge in [-0.1, -0.05) is 65.1 Å². The summed E-state index contributed by atoms with van der Waals surface area (Å²) in [6, 6.07) is 19.7. The second kappa shape index (κ2) is 10.5. The summed E-state index contributed by atoms with van der Waals surface area (Å²) in [7, 11) is 0. The standard InChI is InChI=1S/C26H20Cl3F2N3O2/c1-26(2,15-6-4-3-5-7-15)32-24(35)22-21(23(30)31)25(36-18-11-8-16(27)9-12-18)34(33-22)20-13-10-17(28)14-19(20)29/h3-14,23H,1-2H3,(H,32,35). The number of alkyl halides is 2. The molecule has 0 fully saturated rings. The Kier molecular flexibility index (Phi) is 7.54. The molecule has 10 heteroatoms. The summed E-state index contributed by atoms with van der Waals surface area (Å²) >= 11 is 18.3. The zero-order chi connectivity index (χ0) is 26.0. The molecule has 0 atom stereocenters. The zero-order valence-corrected chi connectivity index (χ0v) is 21.4. The van der Waals surface area contributed by atoms with Gasteiger partial charge in [-0.05, 0) is 61.9 Å². The summed E-state index contributed by atoms with van der Waals surface area (Å²) in [6.45, 7) is 3.53. The maximum atomic E-state index is 14.5. The normalized spacial score (nSPS) is 11.6. The lowest BCUT2D eigenvalue weighted by Gasteiger charge is -2.26. The molecule has 1 aromatic heterocycles. The first kappa shape index (κ1) is 25.9. The third-order valence-corrected chi connectivity index (χ3v) is 6.19. The van der Waals surface area contributed by atoms with Crippen LogP contribution in [-0.2, 0) is 5.54 Å². The van der Waals surface area contributed by atoms with Gasteiger partial charge in [-0.15, -0.1) is 0 Å². The molecular weight excluding hydrogens is 531 g/mol. The highest BCUT2D eigenvalue weighted by atomic mass is 35.5. The quantitative estimate of drug-likeness (QED) is 0.252. The van der Waals surface area contributed by atoms with Crippen molar-refractivity contribution in [3.05, 3.63) is 105 Å². The van der Waals surface area contributed by atoms with Crippen molar-refractivity contribution in [3.8, 4) is 17.3 Å². The summed E-state index contributed by atoms with van der Waals surface area (Å²) in [6.07, 6.45) is -3.09. The van der Waals surface area contributed by atoms with Gasteiger partial charge in [0.25, 0.3) is 12.3 Å².